The molecule has 2 aromatic rings. The molecule has 3 N–H and O–H groups in total. The number of rotatable bonds is 3. The molecule has 0 aliphatic heterocycles. The molecule has 1 unspecified atom stereocenters. The fraction of sp³-hybridized carbons (Fsp3) is 0.200. The van der Waals surface area contributed by atoms with E-state index in [2.05, 4.69) is 5.43 Å². The van der Waals surface area contributed by atoms with Gasteiger partial charge in [0.1, 0.15) is 11.6 Å². The number of benzene rings is 2. The smallest absolute Gasteiger partial charge is 0.128 e. The molecule has 0 amide bonds. The second-order valence-corrected chi connectivity index (χ2v) is 5.18. The van der Waals surface area contributed by atoms with E-state index in [4.69, 9.17) is 17.4 Å². The maximum absolute atomic E-state index is 14.2. The van der Waals surface area contributed by atoms with Gasteiger partial charge >= 0.3 is 0 Å². The van der Waals surface area contributed by atoms with Crippen LogP contribution in [0.2, 0.25) is 5.02 Å². The minimum Gasteiger partial charge on any atom is -0.271 e. The molecule has 0 aromatic heterocycles. The summed E-state index contributed by atoms with van der Waals surface area (Å²) < 4.78 is 28.2. The van der Waals surface area contributed by atoms with Gasteiger partial charge in [-0.05, 0) is 49.2 Å². The quantitative estimate of drug-likeness (QED) is 0.668. The van der Waals surface area contributed by atoms with Crippen molar-refractivity contribution in [1.29, 1.82) is 0 Å². The first-order chi connectivity index (χ1) is 9.43. The molecule has 2 aromatic carbocycles. The molecule has 0 radical (unpaired) electrons. The van der Waals surface area contributed by atoms with E-state index in [9.17, 15) is 8.78 Å². The molecule has 0 fully saturated rings. The average molecular weight is 297 g/mol. The summed E-state index contributed by atoms with van der Waals surface area (Å²) in [4.78, 5) is 0. The molecule has 0 saturated carbocycles. The maximum atomic E-state index is 14.2. The van der Waals surface area contributed by atoms with Crippen molar-refractivity contribution in [2.24, 2.45) is 5.84 Å². The summed E-state index contributed by atoms with van der Waals surface area (Å²) in [5.74, 6) is 4.59. The van der Waals surface area contributed by atoms with Crippen molar-refractivity contribution < 1.29 is 8.78 Å². The molecule has 2 nitrogen and oxygen atoms in total. The Morgan fingerprint density at radius 3 is 2.40 bits per heavy atom. The van der Waals surface area contributed by atoms with Gasteiger partial charge in [-0.15, -0.1) is 0 Å². The van der Waals surface area contributed by atoms with Gasteiger partial charge in [0.2, 0.25) is 0 Å². The van der Waals surface area contributed by atoms with Gasteiger partial charge in [0.25, 0.3) is 0 Å². The van der Waals surface area contributed by atoms with E-state index in [1.54, 1.807) is 13.8 Å². The predicted molar refractivity (Wildman–Crippen MR) is 76.5 cm³/mol. The lowest BCUT2D eigenvalue weighted by Crippen LogP contribution is -2.31. The van der Waals surface area contributed by atoms with Crippen molar-refractivity contribution in [3.8, 4) is 0 Å². The molecule has 0 bridgehead atoms. The summed E-state index contributed by atoms with van der Waals surface area (Å²) >= 11 is 5.88. The Kier molecular flexibility index (Phi) is 4.38. The van der Waals surface area contributed by atoms with Crippen LogP contribution in [0.15, 0.2) is 30.3 Å². The van der Waals surface area contributed by atoms with Gasteiger partial charge in [0.05, 0.1) is 6.04 Å². The minimum absolute atomic E-state index is 0.214. The first kappa shape index (κ1) is 14.9. The van der Waals surface area contributed by atoms with Crippen LogP contribution >= 0.6 is 11.6 Å². The molecule has 0 aliphatic rings. The number of nitrogens with one attached hydrogen (secondary N) is 1. The Balaban J connectivity index is 2.61. The molecule has 106 valence electrons. The van der Waals surface area contributed by atoms with Crippen molar-refractivity contribution in [3.05, 3.63) is 69.2 Å². The van der Waals surface area contributed by atoms with Gasteiger partial charge in [-0.1, -0.05) is 17.7 Å². The van der Waals surface area contributed by atoms with Crippen molar-refractivity contribution in [3.63, 3.8) is 0 Å². The Morgan fingerprint density at radius 2 is 1.80 bits per heavy atom. The summed E-state index contributed by atoms with van der Waals surface area (Å²) in [7, 11) is 0. The summed E-state index contributed by atoms with van der Waals surface area (Å²) in [6, 6.07) is 6.55. The van der Waals surface area contributed by atoms with Gasteiger partial charge in [-0.3, -0.25) is 5.84 Å². The molecule has 0 spiro atoms. The Bertz CT molecular complexity index is 621. The molecule has 0 saturated heterocycles. The number of nitrogens with two attached hydrogens (primary N) is 1. The van der Waals surface area contributed by atoms with Crippen molar-refractivity contribution >= 4 is 11.6 Å². The van der Waals surface area contributed by atoms with E-state index < -0.39 is 17.7 Å². The summed E-state index contributed by atoms with van der Waals surface area (Å²) in [6.45, 7) is 3.56. The molecular weight excluding hydrogens is 282 g/mol. The monoisotopic (exact) mass is 296 g/mol. The van der Waals surface area contributed by atoms with Gasteiger partial charge in [-0.2, -0.15) is 0 Å². The highest BCUT2D eigenvalue weighted by Crippen LogP contribution is 2.30. The van der Waals surface area contributed by atoms with E-state index in [1.165, 1.54) is 24.3 Å². The van der Waals surface area contributed by atoms with Crippen LogP contribution in [0.25, 0.3) is 0 Å². The molecule has 1 atom stereocenters. The lowest BCUT2D eigenvalue weighted by atomic mass is 9.93. The minimum atomic E-state index is -0.797. The van der Waals surface area contributed by atoms with Gasteiger partial charge in [-0.25, -0.2) is 14.2 Å². The molecule has 2 rings (SSSR count). The third-order valence-corrected chi connectivity index (χ3v) is 3.44. The van der Waals surface area contributed by atoms with E-state index in [1.807, 2.05) is 6.07 Å². The van der Waals surface area contributed by atoms with Crippen LogP contribution in [0, 0.1) is 25.5 Å². The normalized spacial score (nSPS) is 12.5. The summed E-state index contributed by atoms with van der Waals surface area (Å²) in [6.07, 6.45) is 0. The van der Waals surface area contributed by atoms with Crippen LogP contribution in [0.5, 0.6) is 0 Å². The number of aryl methyl sites for hydroxylation is 2. The Morgan fingerprint density at radius 1 is 1.10 bits per heavy atom. The highest BCUT2D eigenvalue weighted by atomic mass is 35.5. The summed E-state index contributed by atoms with van der Waals surface area (Å²) in [5, 5.41) is 0.367. The highest BCUT2D eigenvalue weighted by Gasteiger charge is 2.22. The fourth-order valence-corrected chi connectivity index (χ4v) is 2.54. The topological polar surface area (TPSA) is 38.0 Å². The number of hydrazine groups is 1. The lowest BCUT2D eigenvalue weighted by Gasteiger charge is -2.21. The van der Waals surface area contributed by atoms with Gasteiger partial charge < -0.3 is 0 Å². The molecular formula is C15H15ClF2N2. The van der Waals surface area contributed by atoms with Crippen LogP contribution < -0.4 is 11.3 Å². The van der Waals surface area contributed by atoms with E-state index in [0.717, 1.165) is 5.56 Å². The zero-order chi connectivity index (χ0) is 14.9. The third kappa shape index (κ3) is 2.82. The first-order valence-corrected chi connectivity index (χ1v) is 6.49. The van der Waals surface area contributed by atoms with Crippen LogP contribution in [0.3, 0.4) is 0 Å². The first-order valence-electron chi connectivity index (χ1n) is 6.11. The molecule has 20 heavy (non-hydrogen) atoms. The second-order valence-electron chi connectivity index (χ2n) is 4.74. The zero-order valence-electron chi connectivity index (χ0n) is 11.2. The SMILES string of the molecule is Cc1cc(C)c(C(NN)c2cc(Cl)ccc2F)c(F)c1. The Labute approximate surface area is 121 Å². The molecule has 5 heteroatoms. The zero-order valence-corrected chi connectivity index (χ0v) is 11.9. The van der Waals surface area contributed by atoms with E-state index in [-0.39, 0.29) is 5.56 Å². The highest BCUT2D eigenvalue weighted by molar-refractivity contribution is 6.30. The maximum Gasteiger partial charge on any atom is 0.128 e. The van der Waals surface area contributed by atoms with Gasteiger partial charge in [0.15, 0.2) is 0 Å². The largest absolute Gasteiger partial charge is 0.271 e. The van der Waals surface area contributed by atoms with Crippen LogP contribution in [-0.2, 0) is 0 Å². The number of hydrogen-bond donors (Lipinski definition) is 2. The molecule has 0 aliphatic carbocycles. The molecule has 0 heterocycles. The van der Waals surface area contributed by atoms with Crippen LogP contribution in [-0.4, -0.2) is 0 Å². The standard InChI is InChI=1S/C15H15ClF2N2/c1-8-5-9(2)14(13(18)6-8)15(20-19)11-7-10(16)3-4-12(11)17/h3-7,15,20H,19H2,1-2H3. The number of hydrogen-bond acceptors (Lipinski definition) is 2. The van der Waals surface area contributed by atoms with E-state index >= 15 is 0 Å². The summed E-state index contributed by atoms with van der Waals surface area (Å²) in [5.41, 5.74) is 4.49. The lowest BCUT2D eigenvalue weighted by molar-refractivity contribution is 0.528. The average Bonchev–Trinajstić information content (AvgIpc) is 2.37. The van der Waals surface area contributed by atoms with Crippen LogP contribution in [0.4, 0.5) is 8.78 Å². The van der Waals surface area contributed by atoms with E-state index in [0.29, 0.717) is 16.1 Å². The van der Waals surface area contributed by atoms with Crippen LogP contribution in [0.1, 0.15) is 28.3 Å². The van der Waals surface area contributed by atoms with Crippen molar-refractivity contribution in [1.82, 2.24) is 5.43 Å². The van der Waals surface area contributed by atoms with Crippen molar-refractivity contribution in [2.45, 2.75) is 19.9 Å². The van der Waals surface area contributed by atoms with Crippen molar-refractivity contribution in [2.75, 3.05) is 0 Å². The predicted octanol–water partition coefficient (Wildman–Crippen LogP) is 3.79. The fourth-order valence-electron chi connectivity index (χ4n) is 2.36. The Hall–Kier alpha value is -1.49. The third-order valence-electron chi connectivity index (χ3n) is 3.21. The van der Waals surface area contributed by atoms with Gasteiger partial charge in [0, 0.05) is 16.1 Å². The second kappa shape index (κ2) is 5.87. The number of halogens is 3.